The Morgan fingerprint density at radius 2 is 2.21 bits per heavy atom. The maximum Gasteiger partial charge on any atom is 0.335 e. The molecule has 0 aliphatic heterocycles. The fourth-order valence-corrected chi connectivity index (χ4v) is 2.86. The van der Waals surface area contributed by atoms with Crippen LogP contribution in [0.2, 0.25) is 0 Å². The molecule has 2 unspecified atom stereocenters. The van der Waals surface area contributed by atoms with Gasteiger partial charge in [-0.3, -0.25) is 0 Å². The molecule has 1 aliphatic rings. The van der Waals surface area contributed by atoms with Gasteiger partial charge in [-0.15, -0.1) is 0 Å². The third-order valence-corrected chi connectivity index (χ3v) is 4.04. The molecular weight excluding hydrogens is 240 g/mol. The number of carboxylic acid groups (broad SMARTS) is 1. The summed E-state index contributed by atoms with van der Waals surface area (Å²) < 4.78 is 6.01. The first-order valence-corrected chi connectivity index (χ1v) is 7.10. The van der Waals surface area contributed by atoms with Crippen LogP contribution in [0, 0.1) is 12.8 Å². The van der Waals surface area contributed by atoms with Crippen molar-refractivity contribution in [2.75, 3.05) is 0 Å². The molecule has 104 valence electrons. The predicted molar refractivity (Wildman–Crippen MR) is 74.8 cm³/mol. The zero-order valence-corrected chi connectivity index (χ0v) is 11.7. The standard InChI is InChI=1S/C16H22O3/c1-3-12-5-4-6-13(10-12)19-14-7-8-15(16(17)18)11(2)9-14/h7-9,12-13H,3-6,10H2,1-2H3,(H,17,18). The van der Waals surface area contributed by atoms with Crippen LogP contribution in [-0.2, 0) is 0 Å². The summed E-state index contributed by atoms with van der Waals surface area (Å²) in [6.07, 6.45) is 6.28. The lowest BCUT2D eigenvalue weighted by atomic mass is 9.85. The zero-order valence-electron chi connectivity index (χ0n) is 11.7. The van der Waals surface area contributed by atoms with Crippen LogP contribution in [0.3, 0.4) is 0 Å². The molecule has 1 aliphatic carbocycles. The molecule has 19 heavy (non-hydrogen) atoms. The van der Waals surface area contributed by atoms with E-state index < -0.39 is 5.97 Å². The van der Waals surface area contributed by atoms with Crippen molar-refractivity contribution in [3.05, 3.63) is 29.3 Å². The van der Waals surface area contributed by atoms with E-state index in [0.29, 0.717) is 5.56 Å². The molecule has 0 heterocycles. The summed E-state index contributed by atoms with van der Waals surface area (Å²) in [6.45, 7) is 4.05. The summed E-state index contributed by atoms with van der Waals surface area (Å²) in [5.74, 6) is 0.690. The van der Waals surface area contributed by atoms with Crippen LogP contribution in [0.25, 0.3) is 0 Å². The summed E-state index contributed by atoms with van der Waals surface area (Å²) in [5.41, 5.74) is 1.11. The van der Waals surface area contributed by atoms with E-state index in [1.165, 1.54) is 19.3 Å². The van der Waals surface area contributed by atoms with Crippen LogP contribution in [0.15, 0.2) is 18.2 Å². The van der Waals surface area contributed by atoms with Crippen molar-refractivity contribution in [1.82, 2.24) is 0 Å². The van der Waals surface area contributed by atoms with E-state index in [-0.39, 0.29) is 6.10 Å². The van der Waals surface area contributed by atoms with Crippen LogP contribution >= 0.6 is 0 Å². The van der Waals surface area contributed by atoms with Gasteiger partial charge in [0.15, 0.2) is 0 Å². The third kappa shape index (κ3) is 3.49. The van der Waals surface area contributed by atoms with Crippen molar-refractivity contribution in [3.8, 4) is 5.75 Å². The summed E-state index contributed by atoms with van der Waals surface area (Å²) in [5, 5.41) is 9.00. The first kappa shape index (κ1) is 13.9. The van der Waals surface area contributed by atoms with Gasteiger partial charge in [-0.1, -0.05) is 19.8 Å². The molecule has 0 saturated heterocycles. The highest BCUT2D eigenvalue weighted by atomic mass is 16.5. The molecule has 0 spiro atoms. The Morgan fingerprint density at radius 1 is 1.42 bits per heavy atom. The van der Waals surface area contributed by atoms with Gasteiger partial charge in [-0.2, -0.15) is 0 Å². The van der Waals surface area contributed by atoms with E-state index in [4.69, 9.17) is 9.84 Å². The zero-order chi connectivity index (χ0) is 13.8. The van der Waals surface area contributed by atoms with E-state index in [2.05, 4.69) is 6.92 Å². The molecule has 1 N–H and O–H groups in total. The molecule has 2 rings (SSSR count). The fraction of sp³-hybridized carbons (Fsp3) is 0.562. The van der Waals surface area contributed by atoms with Crippen LogP contribution in [0.1, 0.15) is 54.9 Å². The first-order valence-electron chi connectivity index (χ1n) is 7.10. The Kier molecular flexibility index (Phi) is 4.46. The number of aromatic carboxylic acids is 1. The second-order valence-electron chi connectivity index (χ2n) is 5.46. The van der Waals surface area contributed by atoms with Gasteiger partial charge in [0.05, 0.1) is 11.7 Å². The Hall–Kier alpha value is -1.51. The normalized spacial score (nSPS) is 23.1. The number of rotatable bonds is 4. The van der Waals surface area contributed by atoms with Gasteiger partial charge < -0.3 is 9.84 Å². The Labute approximate surface area is 114 Å². The number of carbonyl (C=O) groups is 1. The second kappa shape index (κ2) is 6.09. The second-order valence-corrected chi connectivity index (χ2v) is 5.46. The lowest BCUT2D eigenvalue weighted by Crippen LogP contribution is -2.25. The summed E-state index contributed by atoms with van der Waals surface area (Å²) in [7, 11) is 0. The van der Waals surface area contributed by atoms with Crippen molar-refractivity contribution >= 4 is 5.97 Å². The molecule has 1 saturated carbocycles. The van der Waals surface area contributed by atoms with E-state index in [1.54, 1.807) is 12.1 Å². The predicted octanol–water partition coefficient (Wildman–Crippen LogP) is 4.04. The van der Waals surface area contributed by atoms with Gasteiger partial charge in [0, 0.05) is 0 Å². The molecule has 0 bridgehead atoms. The van der Waals surface area contributed by atoms with Crippen LogP contribution in [-0.4, -0.2) is 17.2 Å². The molecule has 1 fully saturated rings. The molecular formula is C16H22O3. The van der Waals surface area contributed by atoms with Gasteiger partial charge in [-0.25, -0.2) is 4.79 Å². The molecule has 3 nitrogen and oxygen atoms in total. The van der Waals surface area contributed by atoms with E-state index in [9.17, 15) is 4.79 Å². The minimum atomic E-state index is -0.882. The largest absolute Gasteiger partial charge is 0.490 e. The molecule has 0 amide bonds. The lowest BCUT2D eigenvalue weighted by molar-refractivity contribution is 0.0696. The minimum absolute atomic E-state index is 0.286. The average Bonchev–Trinajstić information content (AvgIpc) is 2.38. The van der Waals surface area contributed by atoms with Gasteiger partial charge in [0.1, 0.15) is 5.75 Å². The van der Waals surface area contributed by atoms with Crippen molar-refractivity contribution < 1.29 is 14.6 Å². The van der Waals surface area contributed by atoms with Crippen molar-refractivity contribution in [1.29, 1.82) is 0 Å². The molecule has 2 atom stereocenters. The van der Waals surface area contributed by atoms with Gasteiger partial charge in [0.25, 0.3) is 0 Å². The highest BCUT2D eigenvalue weighted by Crippen LogP contribution is 2.30. The molecule has 0 aromatic heterocycles. The molecule has 3 heteroatoms. The van der Waals surface area contributed by atoms with E-state index >= 15 is 0 Å². The van der Waals surface area contributed by atoms with Crippen LogP contribution in [0.5, 0.6) is 5.75 Å². The summed E-state index contributed by atoms with van der Waals surface area (Å²) >= 11 is 0. The van der Waals surface area contributed by atoms with Crippen LogP contribution in [0.4, 0.5) is 0 Å². The van der Waals surface area contributed by atoms with Crippen molar-refractivity contribution in [3.63, 3.8) is 0 Å². The summed E-state index contributed by atoms with van der Waals surface area (Å²) in [4.78, 5) is 11.0. The number of hydrogen-bond donors (Lipinski definition) is 1. The fourth-order valence-electron chi connectivity index (χ4n) is 2.86. The van der Waals surface area contributed by atoms with Crippen LogP contribution < -0.4 is 4.74 Å². The Morgan fingerprint density at radius 3 is 2.84 bits per heavy atom. The first-order chi connectivity index (χ1) is 9.10. The smallest absolute Gasteiger partial charge is 0.335 e. The summed E-state index contributed by atoms with van der Waals surface area (Å²) in [6, 6.07) is 5.23. The molecule has 0 radical (unpaired) electrons. The van der Waals surface area contributed by atoms with E-state index in [0.717, 1.165) is 30.1 Å². The third-order valence-electron chi connectivity index (χ3n) is 4.04. The van der Waals surface area contributed by atoms with Crippen molar-refractivity contribution in [2.45, 2.75) is 52.1 Å². The number of aryl methyl sites for hydroxylation is 1. The highest BCUT2D eigenvalue weighted by molar-refractivity contribution is 5.89. The number of ether oxygens (including phenoxy) is 1. The quantitative estimate of drug-likeness (QED) is 0.890. The van der Waals surface area contributed by atoms with Gasteiger partial charge >= 0.3 is 5.97 Å². The maximum absolute atomic E-state index is 11.0. The van der Waals surface area contributed by atoms with Gasteiger partial charge in [-0.05, 0) is 55.9 Å². The number of carboxylic acids is 1. The highest BCUT2D eigenvalue weighted by Gasteiger charge is 2.22. The number of benzene rings is 1. The average molecular weight is 262 g/mol. The maximum atomic E-state index is 11.0. The SMILES string of the molecule is CCC1CCCC(Oc2ccc(C(=O)O)c(C)c2)C1. The Balaban J connectivity index is 2.03. The van der Waals surface area contributed by atoms with Gasteiger partial charge in [0.2, 0.25) is 0 Å². The topological polar surface area (TPSA) is 46.5 Å². The minimum Gasteiger partial charge on any atom is -0.490 e. The van der Waals surface area contributed by atoms with E-state index in [1.807, 2.05) is 13.0 Å². The molecule has 1 aromatic rings. The number of hydrogen-bond acceptors (Lipinski definition) is 2. The monoisotopic (exact) mass is 262 g/mol. The lowest BCUT2D eigenvalue weighted by Gasteiger charge is -2.29. The van der Waals surface area contributed by atoms with Crippen molar-refractivity contribution in [2.24, 2.45) is 5.92 Å². The Bertz CT molecular complexity index is 453. The molecule has 1 aromatic carbocycles.